The Hall–Kier alpha value is -1.44. The van der Waals surface area contributed by atoms with Crippen LogP contribution in [0.5, 0.6) is 0 Å². The van der Waals surface area contributed by atoms with Crippen LogP contribution in [0.4, 0.5) is 0 Å². The third-order valence-electron chi connectivity index (χ3n) is 5.48. The van der Waals surface area contributed by atoms with Gasteiger partial charge in [0.15, 0.2) is 0 Å². The molecule has 0 aliphatic carbocycles. The van der Waals surface area contributed by atoms with Crippen LogP contribution in [0.1, 0.15) is 38.2 Å². The number of nitrogens with one attached hydrogen (secondary N) is 2. The summed E-state index contributed by atoms with van der Waals surface area (Å²) in [4.78, 5) is 2.84. The van der Waals surface area contributed by atoms with Crippen molar-refractivity contribution in [1.82, 2.24) is 15.2 Å². The fourth-order valence-corrected chi connectivity index (χ4v) is 5.15. The maximum atomic E-state index is 12.5. The minimum absolute atomic E-state index is 0.0885. The monoisotopic (exact) mass is 449 g/mol. The van der Waals surface area contributed by atoms with Crippen LogP contribution < -0.4 is 10.1 Å². The zero-order chi connectivity index (χ0) is 21.4. The molecule has 1 unspecified atom stereocenters. The second-order valence-corrected chi connectivity index (χ2v) is 10.2. The molecule has 0 amide bonds. The lowest BCUT2D eigenvalue weighted by Crippen LogP contribution is -2.59. The summed E-state index contributed by atoms with van der Waals surface area (Å²) in [6.07, 6.45) is 4.64. The Morgan fingerprint density at radius 2 is 1.70 bits per heavy atom. The SMILES string of the molecule is CCCCCCS(=O)(=O)NN1CCNCC1Cc1ccc(-c2ccc(Cl)cc2)cc1. The molecule has 1 heterocycles. The molecule has 2 aromatic rings. The van der Waals surface area contributed by atoms with Gasteiger partial charge in [0.2, 0.25) is 10.0 Å². The molecule has 0 bridgehead atoms. The van der Waals surface area contributed by atoms with Gasteiger partial charge < -0.3 is 5.32 Å². The second-order valence-electron chi connectivity index (χ2n) is 7.93. The topological polar surface area (TPSA) is 61.4 Å². The Labute approximate surface area is 185 Å². The first kappa shape index (κ1) is 23.2. The number of hydrogen-bond acceptors (Lipinski definition) is 4. The summed E-state index contributed by atoms with van der Waals surface area (Å²) >= 11 is 5.97. The van der Waals surface area contributed by atoms with Crippen molar-refractivity contribution < 1.29 is 8.42 Å². The lowest BCUT2D eigenvalue weighted by Gasteiger charge is -2.36. The Kier molecular flexibility index (Phi) is 8.72. The van der Waals surface area contributed by atoms with Gasteiger partial charge in [-0.2, -0.15) is 0 Å². The molecule has 1 aliphatic heterocycles. The fourth-order valence-electron chi connectivity index (χ4n) is 3.75. The van der Waals surface area contributed by atoms with E-state index in [9.17, 15) is 8.42 Å². The minimum atomic E-state index is -3.30. The number of piperazine rings is 1. The number of benzene rings is 2. The molecule has 7 heteroatoms. The smallest absolute Gasteiger partial charge is 0.224 e. The van der Waals surface area contributed by atoms with Crippen molar-refractivity contribution in [2.75, 3.05) is 25.4 Å². The molecule has 3 rings (SSSR count). The van der Waals surface area contributed by atoms with Gasteiger partial charge in [-0.15, -0.1) is 4.83 Å². The van der Waals surface area contributed by atoms with Gasteiger partial charge in [0, 0.05) is 30.7 Å². The fraction of sp³-hybridized carbons (Fsp3) is 0.478. The van der Waals surface area contributed by atoms with Crippen LogP contribution in [-0.4, -0.2) is 44.9 Å². The zero-order valence-corrected chi connectivity index (χ0v) is 19.2. The summed E-state index contributed by atoms with van der Waals surface area (Å²) in [5.74, 6) is 0.194. The molecule has 1 saturated heterocycles. The van der Waals surface area contributed by atoms with E-state index in [1.807, 2.05) is 29.3 Å². The molecule has 1 fully saturated rings. The van der Waals surface area contributed by atoms with Gasteiger partial charge in [-0.3, -0.25) is 0 Å². The highest BCUT2D eigenvalue weighted by atomic mass is 35.5. The molecule has 1 aliphatic rings. The van der Waals surface area contributed by atoms with Gasteiger partial charge in [-0.1, -0.05) is 74.2 Å². The number of rotatable bonds is 10. The highest BCUT2D eigenvalue weighted by Crippen LogP contribution is 2.22. The molecule has 0 aromatic heterocycles. The van der Waals surface area contributed by atoms with Crippen LogP contribution in [0.2, 0.25) is 5.02 Å². The number of hydrogen-bond donors (Lipinski definition) is 2. The normalized spacial score (nSPS) is 17.9. The average Bonchev–Trinajstić information content (AvgIpc) is 2.74. The van der Waals surface area contributed by atoms with Gasteiger partial charge in [-0.05, 0) is 41.7 Å². The second kappa shape index (κ2) is 11.3. The quantitative estimate of drug-likeness (QED) is 0.532. The predicted octanol–water partition coefficient (Wildman–Crippen LogP) is 4.24. The molecule has 30 heavy (non-hydrogen) atoms. The van der Waals surface area contributed by atoms with Crippen molar-refractivity contribution in [2.45, 2.75) is 45.1 Å². The van der Waals surface area contributed by atoms with Crippen LogP contribution in [0.15, 0.2) is 48.5 Å². The van der Waals surface area contributed by atoms with E-state index in [1.165, 1.54) is 5.56 Å². The van der Waals surface area contributed by atoms with Gasteiger partial charge in [-0.25, -0.2) is 13.4 Å². The van der Waals surface area contributed by atoms with Crippen molar-refractivity contribution in [3.8, 4) is 11.1 Å². The van der Waals surface area contributed by atoms with Gasteiger partial charge in [0.05, 0.1) is 5.75 Å². The third kappa shape index (κ3) is 7.06. The summed E-state index contributed by atoms with van der Waals surface area (Å²) in [5.41, 5.74) is 3.46. The van der Waals surface area contributed by atoms with Crippen LogP contribution in [0.3, 0.4) is 0 Å². The van der Waals surface area contributed by atoms with E-state index in [4.69, 9.17) is 11.6 Å². The van der Waals surface area contributed by atoms with E-state index >= 15 is 0 Å². The Morgan fingerprint density at radius 3 is 2.37 bits per heavy atom. The molecule has 0 spiro atoms. The number of unbranched alkanes of at least 4 members (excludes halogenated alkanes) is 3. The molecule has 0 saturated carbocycles. The van der Waals surface area contributed by atoms with Gasteiger partial charge in [0.25, 0.3) is 0 Å². The van der Waals surface area contributed by atoms with E-state index in [0.29, 0.717) is 13.0 Å². The lowest BCUT2D eigenvalue weighted by atomic mass is 10.00. The van der Waals surface area contributed by atoms with E-state index in [1.54, 1.807) is 0 Å². The van der Waals surface area contributed by atoms with Crippen molar-refractivity contribution in [1.29, 1.82) is 0 Å². The summed E-state index contributed by atoms with van der Waals surface area (Å²) in [5, 5.41) is 6.02. The van der Waals surface area contributed by atoms with E-state index in [2.05, 4.69) is 41.3 Å². The van der Waals surface area contributed by atoms with Crippen molar-refractivity contribution in [3.05, 3.63) is 59.1 Å². The zero-order valence-electron chi connectivity index (χ0n) is 17.6. The maximum Gasteiger partial charge on any atom is 0.224 e. The van der Waals surface area contributed by atoms with Crippen LogP contribution in [-0.2, 0) is 16.4 Å². The first-order chi connectivity index (χ1) is 14.5. The average molecular weight is 450 g/mol. The third-order valence-corrected chi connectivity index (χ3v) is 7.07. The standard InChI is InChI=1S/C23H32ClN3O2S/c1-2-3-4-5-16-30(28,29)26-27-15-14-25-18-23(27)17-19-6-8-20(9-7-19)21-10-12-22(24)13-11-21/h6-13,23,25-26H,2-5,14-18H2,1H3. The Morgan fingerprint density at radius 1 is 1.03 bits per heavy atom. The molecule has 2 aromatic carbocycles. The lowest BCUT2D eigenvalue weighted by molar-refractivity contribution is 0.134. The number of nitrogens with zero attached hydrogens (tertiary/aromatic N) is 1. The van der Waals surface area contributed by atoms with Crippen LogP contribution in [0, 0.1) is 0 Å². The summed E-state index contributed by atoms with van der Waals surface area (Å²) in [6, 6.07) is 16.4. The molecular weight excluding hydrogens is 418 g/mol. The molecule has 5 nitrogen and oxygen atoms in total. The first-order valence-corrected chi connectivity index (χ1v) is 12.8. The summed E-state index contributed by atoms with van der Waals surface area (Å²) in [7, 11) is -3.30. The molecule has 2 N–H and O–H groups in total. The first-order valence-electron chi connectivity index (χ1n) is 10.8. The number of sulfonamides is 1. The number of hydrazine groups is 1. The van der Waals surface area contributed by atoms with Crippen molar-refractivity contribution >= 4 is 21.6 Å². The van der Waals surface area contributed by atoms with E-state index in [-0.39, 0.29) is 11.8 Å². The van der Waals surface area contributed by atoms with Gasteiger partial charge in [0.1, 0.15) is 0 Å². The highest BCUT2D eigenvalue weighted by molar-refractivity contribution is 7.89. The predicted molar refractivity (Wildman–Crippen MR) is 125 cm³/mol. The van der Waals surface area contributed by atoms with Crippen molar-refractivity contribution in [2.24, 2.45) is 0 Å². The Balaban J connectivity index is 1.60. The summed E-state index contributed by atoms with van der Waals surface area (Å²) in [6.45, 7) is 4.34. The minimum Gasteiger partial charge on any atom is -0.314 e. The molecule has 1 atom stereocenters. The van der Waals surface area contributed by atoms with Gasteiger partial charge >= 0.3 is 0 Å². The van der Waals surface area contributed by atoms with E-state index in [0.717, 1.165) is 54.9 Å². The maximum absolute atomic E-state index is 12.5. The van der Waals surface area contributed by atoms with Crippen molar-refractivity contribution in [3.63, 3.8) is 0 Å². The molecule has 0 radical (unpaired) electrons. The Bertz CT molecular complexity index is 886. The largest absolute Gasteiger partial charge is 0.314 e. The molecular formula is C23H32ClN3O2S. The van der Waals surface area contributed by atoms with E-state index < -0.39 is 10.0 Å². The van der Waals surface area contributed by atoms with Crippen LogP contribution >= 0.6 is 11.6 Å². The summed E-state index contributed by atoms with van der Waals surface area (Å²) < 4.78 is 25.0. The van der Waals surface area contributed by atoms with Crippen LogP contribution in [0.25, 0.3) is 11.1 Å². The number of halogens is 1. The highest BCUT2D eigenvalue weighted by Gasteiger charge is 2.26. The molecule has 164 valence electrons.